The van der Waals surface area contributed by atoms with Gasteiger partial charge in [-0.2, -0.15) is 0 Å². The number of nitrogens with one attached hydrogen (secondary N) is 2. The van der Waals surface area contributed by atoms with E-state index in [9.17, 15) is 9.59 Å². The predicted molar refractivity (Wildman–Crippen MR) is 84.6 cm³/mol. The van der Waals surface area contributed by atoms with E-state index < -0.39 is 0 Å². The lowest BCUT2D eigenvalue weighted by molar-refractivity contribution is -0.126. The highest BCUT2D eigenvalue weighted by molar-refractivity contribution is 5.83. The van der Waals surface area contributed by atoms with Crippen LogP contribution < -0.4 is 15.4 Å². The van der Waals surface area contributed by atoms with E-state index in [2.05, 4.69) is 10.6 Å². The van der Waals surface area contributed by atoms with Crippen molar-refractivity contribution in [2.45, 2.75) is 25.9 Å². The number of hydrogen-bond donors (Lipinski definition) is 2. The average molecular weight is 316 g/mol. The summed E-state index contributed by atoms with van der Waals surface area (Å²) < 4.78 is 10.2. The van der Waals surface area contributed by atoms with Gasteiger partial charge in [-0.3, -0.25) is 9.59 Å². The number of benzene rings is 1. The minimum absolute atomic E-state index is 0.148. The standard InChI is InChI=1S/C17H20N2O4/c1-22-14-6-4-13(5-7-14)11-18-16(20)8-9-17(21)19-12-15-3-2-10-23-15/h2-7,10H,8-9,11-12H2,1H3,(H,18,20)(H,19,21). The van der Waals surface area contributed by atoms with Crippen molar-refractivity contribution in [3.05, 3.63) is 54.0 Å². The molecule has 2 N–H and O–H groups in total. The van der Waals surface area contributed by atoms with Gasteiger partial charge in [-0.05, 0) is 29.8 Å². The van der Waals surface area contributed by atoms with Crippen molar-refractivity contribution >= 4 is 11.8 Å². The summed E-state index contributed by atoms with van der Waals surface area (Å²) in [6, 6.07) is 11.0. The molecule has 0 saturated heterocycles. The molecule has 0 fully saturated rings. The van der Waals surface area contributed by atoms with E-state index in [0.29, 0.717) is 18.8 Å². The molecule has 1 heterocycles. The Morgan fingerprint density at radius 2 is 1.65 bits per heavy atom. The fourth-order valence-electron chi connectivity index (χ4n) is 1.95. The largest absolute Gasteiger partial charge is 0.497 e. The van der Waals surface area contributed by atoms with E-state index in [1.807, 2.05) is 24.3 Å². The molecule has 23 heavy (non-hydrogen) atoms. The summed E-state index contributed by atoms with van der Waals surface area (Å²) in [5, 5.41) is 5.48. The minimum atomic E-state index is -0.180. The predicted octanol–water partition coefficient (Wildman–Crippen LogP) is 2.00. The maximum atomic E-state index is 11.7. The molecule has 0 aliphatic heterocycles. The molecule has 0 aliphatic carbocycles. The monoisotopic (exact) mass is 316 g/mol. The zero-order valence-electron chi connectivity index (χ0n) is 13.0. The van der Waals surface area contributed by atoms with Crippen molar-refractivity contribution in [3.8, 4) is 5.75 Å². The quantitative estimate of drug-likeness (QED) is 0.780. The van der Waals surface area contributed by atoms with Gasteiger partial charge in [0, 0.05) is 19.4 Å². The second-order valence-corrected chi connectivity index (χ2v) is 4.98. The van der Waals surface area contributed by atoms with E-state index >= 15 is 0 Å². The van der Waals surface area contributed by atoms with E-state index in [-0.39, 0.29) is 24.7 Å². The Hall–Kier alpha value is -2.76. The van der Waals surface area contributed by atoms with Gasteiger partial charge < -0.3 is 19.8 Å². The molecular formula is C17H20N2O4. The van der Waals surface area contributed by atoms with E-state index in [1.165, 1.54) is 0 Å². The van der Waals surface area contributed by atoms with Gasteiger partial charge in [0.25, 0.3) is 0 Å². The lowest BCUT2D eigenvalue weighted by Crippen LogP contribution is -2.27. The third kappa shape index (κ3) is 5.86. The van der Waals surface area contributed by atoms with E-state index in [0.717, 1.165) is 11.3 Å². The number of carbonyl (C=O) groups excluding carboxylic acids is 2. The molecule has 0 bridgehead atoms. The smallest absolute Gasteiger partial charge is 0.220 e. The lowest BCUT2D eigenvalue weighted by Gasteiger charge is -2.07. The Labute approximate surface area is 134 Å². The van der Waals surface area contributed by atoms with Crippen LogP contribution in [0.25, 0.3) is 0 Å². The Morgan fingerprint density at radius 3 is 2.22 bits per heavy atom. The van der Waals surface area contributed by atoms with Gasteiger partial charge >= 0.3 is 0 Å². The number of methoxy groups -OCH3 is 1. The third-order valence-corrected chi connectivity index (χ3v) is 3.27. The van der Waals surface area contributed by atoms with Crippen LogP contribution in [-0.4, -0.2) is 18.9 Å². The lowest BCUT2D eigenvalue weighted by atomic mass is 10.2. The van der Waals surface area contributed by atoms with Gasteiger partial charge in [0.15, 0.2) is 0 Å². The fourth-order valence-corrected chi connectivity index (χ4v) is 1.95. The van der Waals surface area contributed by atoms with E-state index in [1.54, 1.807) is 25.5 Å². The third-order valence-electron chi connectivity index (χ3n) is 3.27. The van der Waals surface area contributed by atoms with Crippen LogP contribution in [0.15, 0.2) is 47.1 Å². The molecule has 0 aliphatic rings. The molecule has 2 rings (SSSR count). The highest BCUT2D eigenvalue weighted by Crippen LogP contribution is 2.11. The molecule has 0 spiro atoms. The summed E-state index contributed by atoms with van der Waals surface area (Å²) in [7, 11) is 1.60. The normalized spacial score (nSPS) is 10.1. The first-order chi connectivity index (χ1) is 11.2. The van der Waals surface area contributed by atoms with Gasteiger partial charge in [-0.25, -0.2) is 0 Å². The number of furan rings is 1. The number of hydrogen-bond acceptors (Lipinski definition) is 4. The summed E-state index contributed by atoms with van der Waals surface area (Å²) in [5.41, 5.74) is 0.974. The Balaban J connectivity index is 1.63. The molecule has 2 aromatic rings. The molecule has 6 heteroatoms. The Morgan fingerprint density at radius 1 is 1.00 bits per heavy atom. The minimum Gasteiger partial charge on any atom is -0.497 e. The van der Waals surface area contributed by atoms with Gasteiger partial charge in [0.05, 0.1) is 19.9 Å². The average Bonchev–Trinajstić information content (AvgIpc) is 3.10. The zero-order valence-corrected chi connectivity index (χ0v) is 13.0. The highest BCUT2D eigenvalue weighted by atomic mass is 16.5. The van der Waals surface area contributed by atoms with Gasteiger partial charge in [0.1, 0.15) is 11.5 Å². The fraction of sp³-hybridized carbons (Fsp3) is 0.294. The Bertz CT molecular complexity index is 621. The van der Waals surface area contributed by atoms with Crippen molar-refractivity contribution in [1.29, 1.82) is 0 Å². The van der Waals surface area contributed by atoms with Crippen LogP contribution in [-0.2, 0) is 22.7 Å². The molecule has 122 valence electrons. The summed E-state index contributed by atoms with van der Waals surface area (Å²) >= 11 is 0. The molecule has 6 nitrogen and oxygen atoms in total. The van der Waals surface area contributed by atoms with Crippen LogP contribution in [0.5, 0.6) is 5.75 Å². The molecule has 1 aromatic heterocycles. The number of rotatable bonds is 8. The Kier molecular flexibility index (Phi) is 6.23. The highest BCUT2D eigenvalue weighted by Gasteiger charge is 2.07. The van der Waals surface area contributed by atoms with Crippen molar-refractivity contribution in [1.82, 2.24) is 10.6 Å². The molecule has 0 radical (unpaired) electrons. The SMILES string of the molecule is COc1ccc(CNC(=O)CCC(=O)NCc2ccco2)cc1. The van der Waals surface area contributed by atoms with Crippen LogP contribution in [0.1, 0.15) is 24.2 Å². The van der Waals surface area contributed by atoms with Crippen molar-refractivity contribution in [2.24, 2.45) is 0 Å². The van der Waals surface area contributed by atoms with E-state index in [4.69, 9.17) is 9.15 Å². The van der Waals surface area contributed by atoms with Crippen molar-refractivity contribution in [3.63, 3.8) is 0 Å². The first-order valence-electron chi connectivity index (χ1n) is 7.36. The maximum Gasteiger partial charge on any atom is 0.220 e. The summed E-state index contributed by atoms with van der Waals surface area (Å²) in [6.07, 6.45) is 1.85. The first-order valence-corrected chi connectivity index (χ1v) is 7.36. The summed E-state index contributed by atoms with van der Waals surface area (Å²) in [6.45, 7) is 0.760. The van der Waals surface area contributed by atoms with Gasteiger partial charge in [0.2, 0.25) is 11.8 Å². The van der Waals surface area contributed by atoms with Crippen molar-refractivity contribution < 1.29 is 18.7 Å². The second kappa shape index (κ2) is 8.63. The second-order valence-electron chi connectivity index (χ2n) is 4.98. The van der Waals surface area contributed by atoms with Crippen LogP contribution in [0.4, 0.5) is 0 Å². The number of carbonyl (C=O) groups is 2. The van der Waals surface area contributed by atoms with Gasteiger partial charge in [-0.15, -0.1) is 0 Å². The van der Waals surface area contributed by atoms with Crippen LogP contribution >= 0.6 is 0 Å². The molecule has 1 aromatic carbocycles. The molecule has 0 saturated carbocycles. The van der Waals surface area contributed by atoms with Crippen LogP contribution in [0.2, 0.25) is 0 Å². The maximum absolute atomic E-state index is 11.7. The summed E-state index contributed by atoms with van der Waals surface area (Å²) in [4.78, 5) is 23.4. The van der Waals surface area contributed by atoms with Gasteiger partial charge in [-0.1, -0.05) is 12.1 Å². The molecule has 0 unspecified atom stereocenters. The number of ether oxygens (including phenoxy) is 1. The summed E-state index contributed by atoms with van der Waals surface area (Å²) in [5.74, 6) is 1.12. The van der Waals surface area contributed by atoms with Crippen molar-refractivity contribution in [2.75, 3.05) is 7.11 Å². The topological polar surface area (TPSA) is 80.6 Å². The van der Waals surface area contributed by atoms with Crippen LogP contribution in [0.3, 0.4) is 0 Å². The molecular weight excluding hydrogens is 296 g/mol. The number of amides is 2. The zero-order chi connectivity index (χ0) is 16.5. The van der Waals surface area contributed by atoms with Crippen LogP contribution in [0, 0.1) is 0 Å². The molecule has 2 amide bonds. The first kappa shape index (κ1) is 16.6. The molecule has 0 atom stereocenters.